The standard InChI is InChI=1S/C13H19ClN2O2/c1-4-9(2)13(3,18)8-16-12(17)10-5-6-15-7-11(10)14/h5-7,9,18H,4,8H2,1-3H3,(H,16,17). The van der Waals surface area contributed by atoms with Gasteiger partial charge in [-0.2, -0.15) is 0 Å². The first-order valence-corrected chi connectivity index (χ1v) is 6.36. The van der Waals surface area contributed by atoms with Crippen molar-refractivity contribution in [2.45, 2.75) is 32.8 Å². The maximum absolute atomic E-state index is 11.9. The number of rotatable bonds is 5. The van der Waals surface area contributed by atoms with E-state index in [9.17, 15) is 9.90 Å². The quantitative estimate of drug-likeness (QED) is 0.863. The summed E-state index contributed by atoms with van der Waals surface area (Å²) < 4.78 is 0. The zero-order valence-corrected chi connectivity index (χ0v) is 11.7. The SMILES string of the molecule is CCC(C)C(C)(O)CNC(=O)c1ccncc1Cl. The predicted molar refractivity (Wildman–Crippen MR) is 71.7 cm³/mol. The van der Waals surface area contributed by atoms with Gasteiger partial charge >= 0.3 is 0 Å². The summed E-state index contributed by atoms with van der Waals surface area (Å²) in [5.41, 5.74) is -0.559. The molecule has 0 aliphatic heterocycles. The van der Waals surface area contributed by atoms with Crippen molar-refractivity contribution in [2.75, 3.05) is 6.54 Å². The van der Waals surface area contributed by atoms with E-state index in [0.29, 0.717) is 10.6 Å². The first-order chi connectivity index (χ1) is 8.38. The second-order valence-electron chi connectivity index (χ2n) is 4.70. The van der Waals surface area contributed by atoms with Gasteiger partial charge in [-0.1, -0.05) is 31.9 Å². The first-order valence-electron chi connectivity index (χ1n) is 5.98. The molecule has 1 amide bonds. The van der Waals surface area contributed by atoms with E-state index >= 15 is 0 Å². The van der Waals surface area contributed by atoms with E-state index < -0.39 is 5.60 Å². The lowest BCUT2D eigenvalue weighted by Crippen LogP contribution is -2.45. The molecule has 0 aliphatic carbocycles. The largest absolute Gasteiger partial charge is 0.388 e. The van der Waals surface area contributed by atoms with Crippen molar-refractivity contribution in [3.63, 3.8) is 0 Å². The highest BCUT2D eigenvalue weighted by Gasteiger charge is 2.27. The number of nitrogens with zero attached hydrogens (tertiary/aromatic N) is 1. The zero-order chi connectivity index (χ0) is 13.8. The van der Waals surface area contributed by atoms with E-state index in [1.165, 1.54) is 12.4 Å². The van der Waals surface area contributed by atoms with Gasteiger partial charge < -0.3 is 10.4 Å². The normalized spacial score (nSPS) is 15.8. The Labute approximate surface area is 112 Å². The minimum atomic E-state index is -0.927. The van der Waals surface area contributed by atoms with Gasteiger partial charge in [-0.3, -0.25) is 9.78 Å². The van der Waals surface area contributed by atoms with Crippen LogP contribution in [0.1, 0.15) is 37.6 Å². The van der Waals surface area contributed by atoms with Crippen LogP contribution < -0.4 is 5.32 Å². The fraction of sp³-hybridized carbons (Fsp3) is 0.538. The summed E-state index contributed by atoms with van der Waals surface area (Å²) in [6, 6.07) is 1.55. The Bertz CT molecular complexity index is 421. The summed E-state index contributed by atoms with van der Waals surface area (Å²) in [6.07, 6.45) is 3.77. The molecule has 0 spiro atoms. The van der Waals surface area contributed by atoms with Crippen LogP contribution in [0.2, 0.25) is 5.02 Å². The lowest BCUT2D eigenvalue weighted by atomic mass is 9.88. The van der Waals surface area contributed by atoms with Gasteiger partial charge in [0.15, 0.2) is 0 Å². The molecule has 0 saturated carbocycles. The molecular weight excluding hydrogens is 252 g/mol. The summed E-state index contributed by atoms with van der Waals surface area (Å²) in [6.45, 7) is 5.86. The van der Waals surface area contributed by atoms with Crippen LogP contribution in [0.25, 0.3) is 0 Å². The van der Waals surface area contributed by atoms with Crippen LogP contribution >= 0.6 is 11.6 Å². The van der Waals surface area contributed by atoms with Gasteiger partial charge in [0, 0.05) is 18.9 Å². The number of amides is 1. The Morgan fingerprint density at radius 2 is 2.33 bits per heavy atom. The van der Waals surface area contributed by atoms with Gasteiger partial charge in [-0.15, -0.1) is 0 Å². The Hall–Kier alpha value is -1.13. The van der Waals surface area contributed by atoms with E-state index in [0.717, 1.165) is 6.42 Å². The van der Waals surface area contributed by atoms with E-state index in [1.54, 1.807) is 13.0 Å². The molecule has 18 heavy (non-hydrogen) atoms. The molecule has 4 nitrogen and oxygen atoms in total. The minimum absolute atomic E-state index is 0.103. The maximum atomic E-state index is 11.9. The monoisotopic (exact) mass is 270 g/mol. The number of aliphatic hydroxyl groups is 1. The van der Waals surface area contributed by atoms with Crippen LogP contribution in [0.4, 0.5) is 0 Å². The lowest BCUT2D eigenvalue weighted by Gasteiger charge is -2.29. The molecule has 0 saturated heterocycles. The molecule has 1 aromatic rings. The molecule has 0 fully saturated rings. The van der Waals surface area contributed by atoms with Crippen molar-refractivity contribution in [2.24, 2.45) is 5.92 Å². The fourth-order valence-corrected chi connectivity index (χ4v) is 1.73. The second-order valence-corrected chi connectivity index (χ2v) is 5.11. The fourth-order valence-electron chi connectivity index (χ4n) is 1.53. The second kappa shape index (κ2) is 6.16. The number of aromatic nitrogens is 1. The number of hydrogen-bond donors (Lipinski definition) is 2. The van der Waals surface area contributed by atoms with Crippen LogP contribution in [0.5, 0.6) is 0 Å². The Balaban J connectivity index is 2.65. The van der Waals surface area contributed by atoms with E-state index in [2.05, 4.69) is 10.3 Å². The average molecular weight is 271 g/mol. The molecule has 0 radical (unpaired) electrons. The Morgan fingerprint density at radius 1 is 1.67 bits per heavy atom. The van der Waals surface area contributed by atoms with Crippen molar-refractivity contribution in [1.82, 2.24) is 10.3 Å². The molecule has 0 aliphatic rings. The van der Waals surface area contributed by atoms with Gasteiger partial charge in [0.05, 0.1) is 16.2 Å². The summed E-state index contributed by atoms with van der Waals surface area (Å²) in [7, 11) is 0. The molecule has 2 atom stereocenters. The smallest absolute Gasteiger partial charge is 0.253 e. The molecule has 2 N–H and O–H groups in total. The van der Waals surface area contributed by atoms with Gasteiger partial charge in [-0.25, -0.2) is 0 Å². The molecule has 1 heterocycles. The molecule has 1 rings (SSSR count). The van der Waals surface area contributed by atoms with E-state index in [4.69, 9.17) is 11.6 Å². The molecule has 0 bridgehead atoms. The molecule has 2 unspecified atom stereocenters. The van der Waals surface area contributed by atoms with Crippen molar-refractivity contribution < 1.29 is 9.90 Å². The minimum Gasteiger partial charge on any atom is -0.388 e. The molecule has 5 heteroatoms. The Kier molecular flexibility index (Phi) is 5.11. The Morgan fingerprint density at radius 3 is 2.89 bits per heavy atom. The highest BCUT2D eigenvalue weighted by Crippen LogP contribution is 2.19. The lowest BCUT2D eigenvalue weighted by molar-refractivity contribution is 0.00592. The van der Waals surface area contributed by atoms with Crippen LogP contribution in [0.3, 0.4) is 0 Å². The van der Waals surface area contributed by atoms with Crippen molar-refractivity contribution in [3.05, 3.63) is 29.0 Å². The summed E-state index contributed by atoms with van der Waals surface area (Å²) >= 11 is 5.87. The third-order valence-corrected chi connectivity index (χ3v) is 3.60. The molecular formula is C13H19ClN2O2. The van der Waals surface area contributed by atoms with Gasteiger partial charge in [0.2, 0.25) is 0 Å². The predicted octanol–water partition coefficient (Wildman–Crippen LogP) is 2.26. The van der Waals surface area contributed by atoms with Crippen LogP contribution in [-0.2, 0) is 0 Å². The number of carbonyl (C=O) groups is 1. The molecule has 1 aromatic heterocycles. The molecule has 0 aromatic carbocycles. The van der Waals surface area contributed by atoms with Gasteiger partial charge in [-0.05, 0) is 18.9 Å². The van der Waals surface area contributed by atoms with Crippen molar-refractivity contribution in [1.29, 1.82) is 0 Å². The molecule has 100 valence electrons. The van der Waals surface area contributed by atoms with E-state index in [1.807, 2.05) is 13.8 Å². The number of halogens is 1. The van der Waals surface area contributed by atoms with Crippen LogP contribution in [-0.4, -0.2) is 28.1 Å². The van der Waals surface area contributed by atoms with Crippen molar-refractivity contribution in [3.8, 4) is 0 Å². The van der Waals surface area contributed by atoms with Crippen molar-refractivity contribution >= 4 is 17.5 Å². The average Bonchev–Trinajstić information content (AvgIpc) is 2.35. The highest BCUT2D eigenvalue weighted by atomic mass is 35.5. The summed E-state index contributed by atoms with van der Waals surface area (Å²) in [4.78, 5) is 15.7. The van der Waals surface area contributed by atoms with E-state index in [-0.39, 0.29) is 18.4 Å². The van der Waals surface area contributed by atoms with Gasteiger partial charge in [0.1, 0.15) is 0 Å². The summed E-state index contributed by atoms with van der Waals surface area (Å²) in [5.74, 6) is -0.198. The number of hydrogen-bond acceptors (Lipinski definition) is 3. The van der Waals surface area contributed by atoms with Crippen LogP contribution in [0.15, 0.2) is 18.5 Å². The first kappa shape index (κ1) is 14.9. The number of pyridine rings is 1. The number of nitrogens with one attached hydrogen (secondary N) is 1. The van der Waals surface area contributed by atoms with Gasteiger partial charge in [0.25, 0.3) is 5.91 Å². The highest BCUT2D eigenvalue weighted by molar-refractivity contribution is 6.33. The third-order valence-electron chi connectivity index (χ3n) is 3.30. The zero-order valence-electron chi connectivity index (χ0n) is 10.9. The summed E-state index contributed by atoms with van der Waals surface area (Å²) in [5, 5.41) is 13.2. The number of carbonyl (C=O) groups excluding carboxylic acids is 1. The topological polar surface area (TPSA) is 62.2 Å². The van der Waals surface area contributed by atoms with Crippen LogP contribution in [0, 0.1) is 5.92 Å². The maximum Gasteiger partial charge on any atom is 0.253 e. The third kappa shape index (κ3) is 3.68.